The van der Waals surface area contributed by atoms with Gasteiger partial charge in [-0.1, -0.05) is 35.3 Å². The highest BCUT2D eigenvalue weighted by Crippen LogP contribution is 2.28. The summed E-state index contributed by atoms with van der Waals surface area (Å²) in [5.41, 5.74) is 2.01. The molecule has 140 valence electrons. The lowest BCUT2D eigenvalue weighted by Crippen LogP contribution is -2.36. The summed E-state index contributed by atoms with van der Waals surface area (Å²) in [6.45, 7) is 3.42. The van der Waals surface area contributed by atoms with E-state index in [9.17, 15) is 8.42 Å². The highest BCUT2D eigenvalue weighted by atomic mass is 35.5. The van der Waals surface area contributed by atoms with Crippen LogP contribution in [0.4, 0.5) is 5.69 Å². The quantitative estimate of drug-likeness (QED) is 0.748. The van der Waals surface area contributed by atoms with Crippen molar-refractivity contribution in [2.45, 2.75) is 11.4 Å². The van der Waals surface area contributed by atoms with Crippen molar-refractivity contribution in [3.63, 3.8) is 0 Å². The third-order valence-corrected chi connectivity index (χ3v) is 6.82. The first-order chi connectivity index (χ1) is 12.4. The van der Waals surface area contributed by atoms with E-state index in [0.717, 1.165) is 37.6 Å². The Kier molecular flexibility index (Phi) is 6.10. The summed E-state index contributed by atoms with van der Waals surface area (Å²) in [7, 11) is -2.20. The van der Waals surface area contributed by atoms with Gasteiger partial charge in [0.15, 0.2) is 0 Å². The summed E-state index contributed by atoms with van der Waals surface area (Å²) in [6.07, 6.45) is 0. The zero-order chi connectivity index (χ0) is 18.7. The van der Waals surface area contributed by atoms with Crippen molar-refractivity contribution in [1.29, 1.82) is 0 Å². The first kappa shape index (κ1) is 19.5. The number of hydrogen-bond acceptors (Lipinski definition) is 4. The van der Waals surface area contributed by atoms with Crippen molar-refractivity contribution in [1.82, 2.24) is 4.31 Å². The molecule has 0 radical (unpaired) electrons. The molecule has 26 heavy (non-hydrogen) atoms. The molecule has 1 heterocycles. The number of morpholine rings is 1. The molecule has 1 aliphatic rings. The van der Waals surface area contributed by atoms with Crippen molar-refractivity contribution in [3.8, 4) is 0 Å². The lowest BCUT2D eigenvalue weighted by atomic mass is 10.2. The number of nitrogens with zero attached hydrogens (tertiary/aromatic N) is 2. The Labute approximate surface area is 164 Å². The summed E-state index contributed by atoms with van der Waals surface area (Å²) in [5.74, 6) is 0. The van der Waals surface area contributed by atoms with Crippen molar-refractivity contribution >= 4 is 38.9 Å². The summed E-state index contributed by atoms with van der Waals surface area (Å²) in [4.78, 5) is 2.26. The van der Waals surface area contributed by atoms with E-state index >= 15 is 0 Å². The second kappa shape index (κ2) is 8.15. The van der Waals surface area contributed by atoms with Crippen LogP contribution in [-0.2, 0) is 21.3 Å². The molecule has 0 saturated carbocycles. The molecule has 0 N–H and O–H groups in total. The number of hydrogen-bond donors (Lipinski definition) is 0. The second-order valence-corrected chi connectivity index (χ2v) is 8.96. The van der Waals surface area contributed by atoms with Crippen molar-refractivity contribution in [2.24, 2.45) is 0 Å². The molecule has 2 aromatic carbocycles. The van der Waals surface area contributed by atoms with E-state index in [1.807, 2.05) is 24.3 Å². The standard InChI is InChI=1S/C18H20Cl2N2O3S/c1-21(26(23,24)18-12-15(19)4-7-17(18)20)13-14-2-5-16(6-3-14)22-8-10-25-11-9-22/h2-7,12H,8-11,13H2,1H3. The van der Waals surface area contributed by atoms with Gasteiger partial charge in [-0.15, -0.1) is 0 Å². The molecule has 1 saturated heterocycles. The third kappa shape index (κ3) is 4.32. The minimum Gasteiger partial charge on any atom is -0.378 e. The Morgan fingerprint density at radius 1 is 1.08 bits per heavy atom. The fourth-order valence-corrected chi connectivity index (χ4v) is 4.71. The number of halogens is 2. The van der Waals surface area contributed by atoms with Gasteiger partial charge in [-0.05, 0) is 35.9 Å². The van der Waals surface area contributed by atoms with E-state index in [0.29, 0.717) is 5.02 Å². The van der Waals surface area contributed by atoms with Crippen molar-refractivity contribution < 1.29 is 13.2 Å². The Balaban J connectivity index is 1.74. The molecule has 0 aliphatic carbocycles. The zero-order valence-electron chi connectivity index (χ0n) is 14.4. The highest BCUT2D eigenvalue weighted by molar-refractivity contribution is 7.89. The molecule has 0 amide bonds. The lowest BCUT2D eigenvalue weighted by Gasteiger charge is -2.29. The number of ether oxygens (including phenoxy) is 1. The van der Waals surface area contributed by atoms with Gasteiger partial charge in [0, 0.05) is 37.4 Å². The molecule has 2 aromatic rings. The minimum atomic E-state index is -3.73. The Hall–Kier alpha value is -1.31. The van der Waals surface area contributed by atoms with Crippen LogP contribution in [0.3, 0.4) is 0 Å². The number of anilines is 1. The van der Waals surface area contributed by atoms with Gasteiger partial charge in [-0.2, -0.15) is 4.31 Å². The maximum absolute atomic E-state index is 12.8. The van der Waals surface area contributed by atoms with Gasteiger partial charge in [0.25, 0.3) is 0 Å². The number of rotatable bonds is 5. The normalized spacial score (nSPS) is 15.5. The first-order valence-corrected chi connectivity index (χ1v) is 10.4. The molecule has 0 atom stereocenters. The van der Waals surface area contributed by atoms with Crippen molar-refractivity contribution in [3.05, 3.63) is 58.1 Å². The summed E-state index contributed by atoms with van der Waals surface area (Å²) in [5, 5.41) is 0.486. The van der Waals surface area contributed by atoms with Crippen LogP contribution in [0.1, 0.15) is 5.56 Å². The lowest BCUT2D eigenvalue weighted by molar-refractivity contribution is 0.122. The largest absolute Gasteiger partial charge is 0.378 e. The van der Waals surface area contributed by atoms with E-state index < -0.39 is 10.0 Å². The predicted octanol–water partition coefficient (Wildman–Crippen LogP) is 3.65. The van der Waals surface area contributed by atoms with Crippen molar-refractivity contribution in [2.75, 3.05) is 38.3 Å². The van der Waals surface area contributed by atoms with Crippen LogP contribution in [0.2, 0.25) is 10.0 Å². The van der Waals surface area contributed by atoms with Gasteiger partial charge in [0.2, 0.25) is 10.0 Å². The Morgan fingerprint density at radius 2 is 1.73 bits per heavy atom. The van der Waals surface area contributed by atoms with Crippen LogP contribution in [-0.4, -0.2) is 46.1 Å². The molecule has 3 rings (SSSR count). The first-order valence-electron chi connectivity index (χ1n) is 8.21. The van der Waals surface area contributed by atoms with E-state index in [2.05, 4.69) is 4.90 Å². The van der Waals surface area contributed by atoms with E-state index in [4.69, 9.17) is 27.9 Å². The fourth-order valence-electron chi connectivity index (χ4n) is 2.82. The van der Waals surface area contributed by atoms with Crippen LogP contribution in [0.15, 0.2) is 47.4 Å². The van der Waals surface area contributed by atoms with Crippen LogP contribution in [0.25, 0.3) is 0 Å². The van der Waals surface area contributed by atoms with Crippen LogP contribution in [0.5, 0.6) is 0 Å². The van der Waals surface area contributed by atoms with Gasteiger partial charge in [-0.25, -0.2) is 8.42 Å². The topological polar surface area (TPSA) is 49.9 Å². The maximum atomic E-state index is 12.8. The molecule has 1 aliphatic heterocycles. The van der Waals surface area contributed by atoms with E-state index in [1.165, 1.54) is 23.5 Å². The molecule has 0 aromatic heterocycles. The molecular weight excluding hydrogens is 395 g/mol. The molecule has 0 spiro atoms. The van der Waals surface area contributed by atoms with Crippen LogP contribution >= 0.6 is 23.2 Å². The minimum absolute atomic E-state index is 0.0131. The highest BCUT2D eigenvalue weighted by Gasteiger charge is 2.24. The SMILES string of the molecule is CN(Cc1ccc(N2CCOCC2)cc1)S(=O)(=O)c1cc(Cl)ccc1Cl. The van der Waals surface area contributed by atoms with Crippen LogP contribution in [0, 0.1) is 0 Å². The van der Waals surface area contributed by atoms with Gasteiger partial charge >= 0.3 is 0 Å². The Bertz CT molecular complexity index is 867. The van der Waals surface area contributed by atoms with Gasteiger partial charge in [0.05, 0.1) is 18.2 Å². The molecule has 5 nitrogen and oxygen atoms in total. The Morgan fingerprint density at radius 3 is 2.38 bits per heavy atom. The molecular formula is C18H20Cl2N2O3S. The third-order valence-electron chi connectivity index (χ3n) is 4.30. The molecule has 1 fully saturated rings. The summed E-state index contributed by atoms with van der Waals surface area (Å²) >= 11 is 12.0. The smallest absolute Gasteiger partial charge is 0.244 e. The van der Waals surface area contributed by atoms with E-state index in [-0.39, 0.29) is 16.5 Å². The summed E-state index contributed by atoms with van der Waals surface area (Å²) < 4.78 is 32.2. The monoisotopic (exact) mass is 414 g/mol. The van der Waals surface area contributed by atoms with Gasteiger partial charge in [-0.3, -0.25) is 0 Å². The van der Waals surface area contributed by atoms with Gasteiger partial charge < -0.3 is 9.64 Å². The van der Waals surface area contributed by atoms with E-state index in [1.54, 1.807) is 6.07 Å². The predicted molar refractivity (Wildman–Crippen MR) is 105 cm³/mol. The van der Waals surface area contributed by atoms with Gasteiger partial charge in [0.1, 0.15) is 4.90 Å². The maximum Gasteiger partial charge on any atom is 0.244 e. The van der Waals surface area contributed by atoms with Crippen LogP contribution < -0.4 is 4.90 Å². The zero-order valence-corrected chi connectivity index (χ0v) is 16.7. The number of sulfonamides is 1. The molecule has 8 heteroatoms. The number of benzene rings is 2. The average molecular weight is 415 g/mol. The fraction of sp³-hybridized carbons (Fsp3) is 0.333. The second-order valence-electron chi connectivity index (χ2n) is 6.10. The molecule has 0 bridgehead atoms. The average Bonchev–Trinajstić information content (AvgIpc) is 2.65. The molecule has 0 unspecified atom stereocenters. The summed E-state index contributed by atoms with van der Waals surface area (Å²) in [6, 6.07) is 12.3.